The summed E-state index contributed by atoms with van der Waals surface area (Å²) in [6.07, 6.45) is 7.93. The Morgan fingerprint density at radius 2 is 1.71 bits per heavy atom. The number of methoxy groups -OCH3 is 1. The standard InChI is InChI=1S/C14H27NO2/c1-11(12-7-9-17-10-8-12)15-13-3-5-14(16-2)6-4-13/h11-15H,3-10H2,1-2H3. The minimum Gasteiger partial charge on any atom is -0.381 e. The van der Waals surface area contributed by atoms with Gasteiger partial charge >= 0.3 is 0 Å². The molecular weight excluding hydrogens is 214 g/mol. The molecule has 1 atom stereocenters. The molecule has 1 saturated carbocycles. The minimum atomic E-state index is 0.506. The maximum Gasteiger partial charge on any atom is 0.0572 e. The molecule has 3 heteroatoms. The molecule has 17 heavy (non-hydrogen) atoms. The van der Waals surface area contributed by atoms with E-state index in [9.17, 15) is 0 Å². The van der Waals surface area contributed by atoms with Crippen molar-refractivity contribution in [2.24, 2.45) is 5.92 Å². The Hall–Kier alpha value is -0.120. The summed E-state index contributed by atoms with van der Waals surface area (Å²) in [6.45, 7) is 4.25. The lowest BCUT2D eigenvalue weighted by Crippen LogP contribution is -2.44. The Morgan fingerprint density at radius 1 is 1.06 bits per heavy atom. The van der Waals surface area contributed by atoms with Crippen LogP contribution >= 0.6 is 0 Å². The van der Waals surface area contributed by atoms with Gasteiger partial charge in [-0.25, -0.2) is 0 Å². The summed E-state index contributed by atoms with van der Waals surface area (Å²) in [5.41, 5.74) is 0. The summed E-state index contributed by atoms with van der Waals surface area (Å²) in [6, 6.07) is 1.35. The molecule has 2 rings (SSSR count). The molecule has 0 aromatic rings. The molecule has 1 unspecified atom stereocenters. The molecule has 0 aromatic heterocycles. The maximum absolute atomic E-state index is 5.42. The monoisotopic (exact) mass is 241 g/mol. The largest absolute Gasteiger partial charge is 0.381 e. The SMILES string of the molecule is COC1CCC(NC(C)C2CCOCC2)CC1. The Labute approximate surface area is 105 Å². The van der Waals surface area contributed by atoms with Crippen LogP contribution in [0.2, 0.25) is 0 Å². The van der Waals surface area contributed by atoms with Crippen molar-refractivity contribution in [3.05, 3.63) is 0 Å². The molecule has 0 aromatic carbocycles. The first kappa shape index (κ1) is 13.3. The Morgan fingerprint density at radius 3 is 2.29 bits per heavy atom. The van der Waals surface area contributed by atoms with Gasteiger partial charge in [-0.05, 0) is 51.4 Å². The van der Waals surface area contributed by atoms with Crippen molar-refractivity contribution in [3.63, 3.8) is 0 Å². The van der Waals surface area contributed by atoms with Crippen LogP contribution in [0.25, 0.3) is 0 Å². The van der Waals surface area contributed by atoms with Crippen LogP contribution in [-0.4, -0.2) is 38.5 Å². The molecular formula is C14H27NO2. The Kier molecular flexibility index (Phi) is 5.26. The number of hydrogen-bond acceptors (Lipinski definition) is 3. The molecule has 1 aliphatic heterocycles. The van der Waals surface area contributed by atoms with Crippen LogP contribution in [-0.2, 0) is 9.47 Å². The fourth-order valence-corrected chi connectivity index (χ4v) is 3.19. The summed E-state index contributed by atoms with van der Waals surface area (Å²) in [5.74, 6) is 0.809. The second-order valence-corrected chi connectivity index (χ2v) is 5.61. The molecule has 3 nitrogen and oxygen atoms in total. The summed E-state index contributed by atoms with van der Waals surface area (Å²) in [5, 5.41) is 3.82. The third-order valence-corrected chi connectivity index (χ3v) is 4.48. The van der Waals surface area contributed by atoms with Crippen LogP contribution in [0.15, 0.2) is 0 Å². The van der Waals surface area contributed by atoms with Crippen molar-refractivity contribution < 1.29 is 9.47 Å². The van der Waals surface area contributed by atoms with Crippen LogP contribution in [0, 0.1) is 5.92 Å². The number of hydrogen-bond donors (Lipinski definition) is 1. The second-order valence-electron chi connectivity index (χ2n) is 5.61. The lowest BCUT2D eigenvalue weighted by Gasteiger charge is -2.34. The quantitative estimate of drug-likeness (QED) is 0.819. The topological polar surface area (TPSA) is 30.5 Å². The summed E-state index contributed by atoms with van der Waals surface area (Å²) < 4.78 is 10.8. The average Bonchev–Trinajstić information content (AvgIpc) is 2.40. The highest BCUT2D eigenvalue weighted by atomic mass is 16.5. The van der Waals surface area contributed by atoms with Crippen LogP contribution in [0.1, 0.15) is 45.4 Å². The van der Waals surface area contributed by atoms with Gasteiger partial charge in [-0.15, -0.1) is 0 Å². The first-order chi connectivity index (χ1) is 8.29. The average molecular weight is 241 g/mol. The number of nitrogens with one attached hydrogen (secondary N) is 1. The van der Waals surface area contributed by atoms with Crippen LogP contribution < -0.4 is 5.32 Å². The van der Waals surface area contributed by atoms with Crippen LogP contribution in [0.4, 0.5) is 0 Å². The minimum absolute atomic E-state index is 0.506. The van der Waals surface area contributed by atoms with E-state index in [1.165, 1.54) is 38.5 Å². The van der Waals surface area contributed by atoms with E-state index in [1.807, 2.05) is 7.11 Å². The predicted octanol–water partition coefficient (Wildman–Crippen LogP) is 2.35. The van der Waals surface area contributed by atoms with Gasteiger partial charge in [0.15, 0.2) is 0 Å². The van der Waals surface area contributed by atoms with Gasteiger partial charge < -0.3 is 14.8 Å². The van der Waals surface area contributed by atoms with E-state index in [2.05, 4.69) is 12.2 Å². The van der Waals surface area contributed by atoms with Crippen molar-refractivity contribution >= 4 is 0 Å². The van der Waals surface area contributed by atoms with Crippen molar-refractivity contribution in [2.75, 3.05) is 20.3 Å². The van der Waals surface area contributed by atoms with E-state index in [1.54, 1.807) is 0 Å². The first-order valence-corrected chi connectivity index (χ1v) is 7.16. The molecule has 1 heterocycles. The highest BCUT2D eigenvalue weighted by Crippen LogP contribution is 2.24. The molecule has 0 radical (unpaired) electrons. The van der Waals surface area contributed by atoms with Gasteiger partial charge in [0.05, 0.1) is 6.10 Å². The predicted molar refractivity (Wildman–Crippen MR) is 69.2 cm³/mol. The molecule has 100 valence electrons. The molecule has 1 aliphatic carbocycles. The summed E-state index contributed by atoms with van der Waals surface area (Å²) >= 11 is 0. The van der Waals surface area contributed by atoms with Crippen molar-refractivity contribution in [2.45, 2.75) is 63.6 Å². The Bertz CT molecular complexity index is 208. The van der Waals surface area contributed by atoms with Gasteiger partial charge in [-0.3, -0.25) is 0 Å². The zero-order valence-corrected chi connectivity index (χ0v) is 11.3. The van der Waals surface area contributed by atoms with Gasteiger partial charge in [0.25, 0.3) is 0 Å². The molecule has 0 spiro atoms. The van der Waals surface area contributed by atoms with Gasteiger partial charge in [0.2, 0.25) is 0 Å². The molecule has 1 N–H and O–H groups in total. The zero-order valence-electron chi connectivity index (χ0n) is 11.3. The van der Waals surface area contributed by atoms with Gasteiger partial charge in [0.1, 0.15) is 0 Å². The van der Waals surface area contributed by atoms with Crippen LogP contribution in [0.3, 0.4) is 0 Å². The number of rotatable bonds is 4. The molecule has 1 saturated heterocycles. The van der Waals surface area contributed by atoms with E-state index in [0.717, 1.165) is 19.1 Å². The van der Waals surface area contributed by atoms with Crippen molar-refractivity contribution in [1.29, 1.82) is 0 Å². The van der Waals surface area contributed by atoms with Gasteiger partial charge in [-0.1, -0.05) is 0 Å². The summed E-state index contributed by atoms with van der Waals surface area (Å²) in [4.78, 5) is 0. The van der Waals surface area contributed by atoms with E-state index < -0.39 is 0 Å². The Balaban J connectivity index is 1.69. The first-order valence-electron chi connectivity index (χ1n) is 7.16. The summed E-state index contributed by atoms with van der Waals surface area (Å²) in [7, 11) is 1.84. The fraction of sp³-hybridized carbons (Fsp3) is 1.00. The lowest BCUT2D eigenvalue weighted by atomic mass is 9.89. The highest BCUT2D eigenvalue weighted by Gasteiger charge is 2.25. The third-order valence-electron chi connectivity index (χ3n) is 4.48. The zero-order chi connectivity index (χ0) is 12.1. The highest BCUT2D eigenvalue weighted by molar-refractivity contribution is 4.82. The molecule has 0 amide bonds. The third kappa shape index (κ3) is 3.94. The van der Waals surface area contributed by atoms with Gasteiger partial charge in [-0.2, -0.15) is 0 Å². The van der Waals surface area contributed by atoms with E-state index >= 15 is 0 Å². The number of ether oxygens (including phenoxy) is 2. The normalized spacial score (nSPS) is 33.5. The molecule has 2 fully saturated rings. The fourth-order valence-electron chi connectivity index (χ4n) is 3.19. The van der Waals surface area contributed by atoms with Crippen molar-refractivity contribution in [1.82, 2.24) is 5.32 Å². The molecule has 0 bridgehead atoms. The molecule has 2 aliphatic rings. The van der Waals surface area contributed by atoms with Crippen molar-refractivity contribution in [3.8, 4) is 0 Å². The smallest absolute Gasteiger partial charge is 0.0572 e. The van der Waals surface area contributed by atoms with E-state index in [0.29, 0.717) is 18.2 Å². The maximum atomic E-state index is 5.42. The lowest BCUT2D eigenvalue weighted by molar-refractivity contribution is 0.0447. The van der Waals surface area contributed by atoms with E-state index in [-0.39, 0.29) is 0 Å². The van der Waals surface area contributed by atoms with E-state index in [4.69, 9.17) is 9.47 Å². The second kappa shape index (κ2) is 6.72. The van der Waals surface area contributed by atoms with Crippen LogP contribution in [0.5, 0.6) is 0 Å². The van der Waals surface area contributed by atoms with Gasteiger partial charge in [0, 0.05) is 32.4 Å².